The van der Waals surface area contributed by atoms with Crippen molar-refractivity contribution in [1.82, 2.24) is 14.5 Å². The molecule has 0 amide bonds. The van der Waals surface area contributed by atoms with E-state index in [0.717, 1.165) is 33.1 Å². The number of aromatic nitrogens is 3. The van der Waals surface area contributed by atoms with E-state index >= 15 is 0 Å². The van der Waals surface area contributed by atoms with E-state index in [1.165, 1.54) is 30.9 Å². The summed E-state index contributed by atoms with van der Waals surface area (Å²) in [6.45, 7) is 4.95. The maximum Gasteiger partial charge on any atom is 0.155 e. The Morgan fingerprint density at radius 3 is 2.50 bits per heavy atom. The third-order valence-corrected chi connectivity index (χ3v) is 4.87. The minimum atomic E-state index is -0.125. The molecule has 5 nitrogen and oxygen atoms in total. The number of hydrogen-bond acceptors (Lipinski definition) is 4. The van der Waals surface area contributed by atoms with E-state index in [0.29, 0.717) is 0 Å². The van der Waals surface area contributed by atoms with Crippen LogP contribution in [-0.4, -0.2) is 25.4 Å². The van der Waals surface area contributed by atoms with Gasteiger partial charge in [0.15, 0.2) is 5.78 Å². The number of aryl methyl sites for hydroxylation is 1. The van der Waals surface area contributed by atoms with Crippen LogP contribution in [0.4, 0.5) is 0 Å². The first-order valence-electron chi connectivity index (χ1n) is 9.95. The standard InChI is InChI=1S/C21H14N3.C5H8O2.Ir/c1-14-8-9-15-10-12-23-21(18(15)13-14)24-19-7-3-2-5-16(19)17-6-4-11-22-20(17)24;1-4(6)3-5(2)7;/h2-6,8-13H,1H3;3,6H,1-2H3;/q-1;;/b;4-3-;. The van der Waals surface area contributed by atoms with Gasteiger partial charge in [-0.15, -0.1) is 5.39 Å². The van der Waals surface area contributed by atoms with Gasteiger partial charge in [-0.2, -0.15) is 24.3 Å². The zero-order chi connectivity index (χ0) is 22.0. The van der Waals surface area contributed by atoms with Gasteiger partial charge in [-0.05, 0) is 49.7 Å². The molecular weight excluding hydrogens is 579 g/mol. The summed E-state index contributed by atoms with van der Waals surface area (Å²) < 4.78 is 2.12. The number of nitrogens with zero attached hydrogens (tertiary/aromatic N) is 3. The Labute approximate surface area is 199 Å². The Hall–Kier alpha value is -3.34. The van der Waals surface area contributed by atoms with E-state index in [2.05, 4.69) is 52.9 Å². The number of carbonyl (C=O) groups excluding carboxylic acids is 1. The largest absolute Gasteiger partial charge is 0.512 e. The van der Waals surface area contributed by atoms with Gasteiger partial charge in [0.05, 0.1) is 5.76 Å². The Bertz CT molecular complexity index is 1400. The van der Waals surface area contributed by atoms with Crippen molar-refractivity contribution in [3.05, 3.63) is 90.5 Å². The fourth-order valence-electron chi connectivity index (χ4n) is 3.67. The molecule has 0 unspecified atom stereocenters. The van der Waals surface area contributed by atoms with Crippen molar-refractivity contribution in [3.8, 4) is 5.82 Å². The van der Waals surface area contributed by atoms with Crippen LogP contribution in [0.3, 0.4) is 0 Å². The number of carbonyl (C=O) groups is 1. The molecule has 0 aliphatic carbocycles. The summed E-state index contributed by atoms with van der Waals surface area (Å²) in [5, 5.41) is 12.9. The molecule has 0 aliphatic rings. The Kier molecular flexibility index (Phi) is 7.18. The molecule has 0 fully saturated rings. The van der Waals surface area contributed by atoms with Gasteiger partial charge < -0.3 is 9.67 Å². The van der Waals surface area contributed by atoms with Crippen LogP contribution in [0.1, 0.15) is 19.4 Å². The zero-order valence-electron chi connectivity index (χ0n) is 18.0. The van der Waals surface area contributed by atoms with Crippen LogP contribution >= 0.6 is 0 Å². The van der Waals surface area contributed by atoms with E-state index in [9.17, 15) is 4.79 Å². The molecule has 3 aromatic heterocycles. The molecule has 3 heterocycles. The van der Waals surface area contributed by atoms with Crippen LogP contribution in [0.15, 0.2) is 78.8 Å². The quantitative estimate of drug-likeness (QED) is 0.156. The summed E-state index contributed by atoms with van der Waals surface area (Å²) in [5.41, 5.74) is 3.14. The van der Waals surface area contributed by atoms with Gasteiger partial charge in [0.1, 0.15) is 11.5 Å². The maximum atomic E-state index is 10.0. The average molecular weight is 601 g/mol. The first-order chi connectivity index (χ1) is 15.0. The molecule has 0 aliphatic heterocycles. The topological polar surface area (TPSA) is 68.0 Å². The molecule has 0 bridgehead atoms. The van der Waals surface area contributed by atoms with Crippen molar-refractivity contribution < 1.29 is 30.0 Å². The van der Waals surface area contributed by atoms with E-state index < -0.39 is 0 Å². The molecule has 163 valence electrons. The molecule has 5 aromatic rings. The fraction of sp³-hybridized carbons (Fsp3) is 0.115. The molecule has 6 heteroatoms. The number of benzene rings is 2. The van der Waals surface area contributed by atoms with Crippen molar-refractivity contribution in [1.29, 1.82) is 0 Å². The molecule has 1 N–H and O–H groups in total. The van der Waals surface area contributed by atoms with Gasteiger partial charge in [0, 0.05) is 44.0 Å². The van der Waals surface area contributed by atoms with Crippen molar-refractivity contribution >= 4 is 38.5 Å². The second kappa shape index (κ2) is 9.86. The first kappa shape index (κ1) is 23.3. The molecule has 1 radical (unpaired) electrons. The van der Waals surface area contributed by atoms with Crippen LogP contribution < -0.4 is 0 Å². The Morgan fingerprint density at radius 1 is 1.00 bits per heavy atom. The second-order valence-corrected chi connectivity index (χ2v) is 7.40. The van der Waals surface area contributed by atoms with Crippen molar-refractivity contribution in [2.24, 2.45) is 0 Å². The summed E-state index contributed by atoms with van der Waals surface area (Å²) in [6, 6.07) is 22.0. The normalized spacial score (nSPS) is 11.2. The van der Waals surface area contributed by atoms with Gasteiger partial charge in [-0.25, -0.2) is 9.97 Å². The Morgan fingerprint density at radius 2 is 1.78 bits per heavy atom. The number of rotatable bonds is 2. The van der Waals surface area contributed by atoms with Crippen molar-refractivity contribution in [2.75, 3.05) is 0 Å². The minimum absolute atomic E-state index is 0. The van der Waals surface area contributed by atoms with E-state index in [1.807, 2.05) is 36.7 Å². The van der Waals surface area contributed by atoms with Crippen LogP contribution in [0.2, 0.25) is 0 Å². The van der Waals surface area contributed by atoms with Gasteiger partial charge in [-0.3, -0.25) is 4.79 Å². The van der Waals surface area contributed by atoms with Crippen LogP contribution in [0.5, 0.6) is 0 Å². The van der Waals surface area contributed by atoms with E-state index in [1.54, 1.807) is 0 Å². The summed E-state index contributed by atoms with van der Waals surface area (Å²) in [5.74, 6) is 0.838. The number of aliphatic hydroxyl groups is 1. The molecule has 0 spiro atoms. The number of allylic oxidation sites excluding steroid dienone is 2. The number of fused-ring (bicyclic) bond motifs is 4. The summed E-state index contributed by atoms with van der Waals surface area (Å²) in [4.78, 5) is 19.3. The predicted molar refractivity (Wildman–Crippen MR) is 125 cm³/mol. The number of hydrogen-bond donors (Lipinski definition) is 1. The smallest absolute Gasteiger partial charge is 0.155 e. The summed E-state index contributed by atoms with van der Waals surface area (Å²) in [7, 11) is 0. The number of aliphatic hydroxyl groups excluding tert-OH is 1. The molecule has 5 rings (SSSR count). The van der Waals surface area contributed by atoms with Crippen molar-refractivity contribution in [3.63, 3.8) is 0 Å². The van der Waals surface area contributed by atoms with Gasteiger partial charge in [-0.1, -0.05) is 29.3 Å². The van der Waals surface area contributed by atoms with Crippen LogP contribution in [0, 0.1) is 13.0 Å². The van der Waals surface area contributed by atoms with Crippen LogP contribution in [-0.2, 0) is 24.9 Å². The number of ketones is 1. The number of para-hydroxylation sites is 1. The molecule has 32 heavy (non-hydrogen) atoms. The summed E-state index contributed by atoms with van der Waals surface area (Å²) >= 11 is 0. The summed E-state index contributed by atoms with van der Waals surface area (Å²) in [6.07, 6.45) is 4.85. The third-order valence-electron chi connectivity index (χ3n) is 4.87. The molecule has 2 aromatic carbocycles. The molecule has 0 saturated heterocycles. The average Bonchev–Trinajstić information content (AvgIpc) is 3.07. The van der Waals surface area contributed by atoms with Gasteiger partial charge >= 0.3 is 0 Å². The fourth-order valence-corrected chi connectivity index (χ4v) is 3.67. The van der Waals surface area contributed by atoms with Crippen LogP contribution in [0.25, 0.3) is 38.5 Å². The second-order valence-electron chi connectivity index (χ2n) is 7.40. The van der Waals surface area contributed by atoms with E-state index in [4.69, 9.17) is 10.1 Å². The van der Waals surface area contributed by atoms with Gasteiger partial charge in [0.25, 0.3) is 0 Å². The molecule has 0 saturated carbocycles. The monoisotopic (exact) mass is 601 g/mol. The van der Waals surface area contributed by atoms with Crippen molar-refractivity contribution in [2.45, 2.75) is 20.8 Å². The zero-order valence-corrected chi connectivity index (χ0v) is 20.4. The minimum Gasteiger partial charge on any atom is -0.512 e. The number of pyridine rings is 2. The predicted octanol–water partition coefficient (Wildman–Crippen LogP) is 5.87. The van der Waals surface area contributed by atoms with E-state index in [-0.39, 0.29) is 31.6 Å². The molecule has 0 atom stereocenters. The molecular formula is C26H22IrN3O2-. The maximum absolute atomic E-state index is 10.0. The first-order valence-corrected chi connectivity index (χ1v) is 9.95. The van der Waals surface area contributed by atoms with Gasteiger partial charge in [0.2, 0.25) is 0 Å². The SMILES string of the molecule is CC(=O)/C=C(/C)O.Cc1ccc2ccnc(-n3c4[c-]cccc4c4cccnc43)c2c1.[Ir]. The Balaban J connectivity index is 0.000000318. The third kappa shape index (κ3) is 4.62.